The minimum atomic E-state index is -0.437. The van der Waals surface area contributed by atoms with Crippen molar-refractivity contribution < 1.29 is 61.9 Å². The lowest BCUT2D eigenvalue weighted by Gasteiger charge is -2.07. The van der Waals surface area contributed by atoms with Gasteiger partial charge in [-0.15, -0.1) is 0 Å². The molecule has 0 saturated heterocycles. The van der Waals surface area contributed by atoms with Crippen molar-refractivity contribution in [3.05, 3.63) is 453 Å². The second kappa shape index (κ2) is 46.4. The molecule has 135 heavy (non-hydrogen) atoms. The van der Waals surface area contributed by atoms with E-state index >= 15 is 0 Å². The second-order valence-electron chi connectivity index (χ2n) is 29.2. The maximum absolute atomic E-state index is 12.8. The van der Waals surface area contributed by atoms with Gasteiger partial charge in [-0.2, -0.15) is 12.6 Å². The van der Waals surface area contributed by atoms with Crippen molar-refractivity contribution in [3.63, 3.8) is 0 Å². The monoisotopic (exact) mass is 1900 g/mol. The van der Waals surface area contributed by atoms with Crippen LogP contribution in [0.4, 0.5) is 21.5 Å². The lowest BCUT2D eigenvalue weighted by molar-refractivity contribution is -0.384. The van der Waals surface area contributed by atoms with Crippen LogP contribution in [0, 0.1) is 29.4 Å². The van der Waals surface area contributed by atoms with Crippen LogP contribution in [-0.2, 0) is 23.8 Å². The Morgan fingerprint density at radius 2 is 0.704 bits per heavy atom. The Morgan fingerprint density at radius 1 is 0.400 bits per heavy atom. The van der Waals surface area contributed by atoms with E-state index in [9.17, 15) is 57.7 Å². The Morgan fingerprint density at radius 3 is 1.07 bits per heavy atom. The minimum Gasteiger partial charge on any atom is -0.489 e. The highest BCUT2D eigenvalue weighted by molar-refractivity contribution is 9.10. The third-order valence-electron chi connectivity index (χ3n) is 20.4. The normalized spacial score (nSPS) is 10.3. The third kappa shape index (κ3) is 24.9. The molecule has 18 aromatic rings. The van der Waals surface area contributed by atoms with Crippen molar-refractivity contribution in [1.29, 1.82) is 0 Å². The number of hydrogen-bond acceptors (Lipinski definition) is 14. The number of nitrogens with one attached hydrogen (secondary N) is 1. The number of nitro groups is 1. The molecule has 1 amide bonds. The van der Waals surface area contributed by atoms with Crippen LogP contribution in [0.2, 0.25) is 5.02 Å². The van der Waals surface area contributed by atoms with Gasteiger partial charge in [-0.25, -0.2) is 9.24 Å². The molecule has 674 valence electrons. The smallest absolute Gasteiger partial charge is 0.269 e. The Bertz CT molecular complexity index is 7340. The van der Waals surface area contributed by atoms with Crippen LogP contribution in [0.15, 0.2) is 398 Å². The lowest BCUT2D eigenvalue weighted by atomic mass is 10.2. The maximum atomic E-state index is 12.8. The SMILES string of the molecule is C=CC(=O)n1ccc2cc(Br)ccc21.C=CC(=O)n1ccc2cc(C)ccc21.C=CC(=O)n1ccc2cc(CS)ccc21.C=CC(=O)n1ccc2cc(Cl)ccc21.C=CC(=O)n1ccc2cc(F)ccc21.C=CC(=O)n1ccc2cc(NC(C)=O)ccc21.C=CC(=O)n1ccc2cc(OCc3ccc([N+](=O)[O-])cc3)ccc21.[C-]#[N+]c1ccc(COc2ccc3c(ccn3C(=O)C=C)c2)cc1. The molecule has 0 aliphatic heterocycles. The molecule has 10 aromatic carbocycles. The van der Waals surface area contributed by atoms with Gasteiger partial charge in [0.25, 0.3) is 52.9 Å². The molecule has 0 atom stereocenters. The number of carbonyl (C=O) groups is 9. The predicted molar refractivity (Wildman–Crippen MR) is 541 cm³/mol. The first kappa shape index (κ1) is 98.4. The summed E-state index contributed by atoms with van der Waals surface area (Å²) in [7, 11) is 0. The van der Waals surface area contributed by atoms with E-state index in [1.807, 2.05) is 159 Å². The van der Waals surface area contributed by atoms with Crippen molar-refractivity contribution in [2.24, 2.45) is 0 Å². The number of non-ortho nitro benzene ring substituents is 1. The summed E-state index contributed by atoms with van der Waals surface area (Å²) in [5.41, 5.74) is 12.2. The fraction of sp³-hybridized carbons (Fsp3) is 0.0467. The number of aromatic nitrogens is 8. The number of nitrogens with zero attached hydrogens (tertiary/aromatic N) is 10. The summed E-state index contributed by atoms with van der Waals surface area (Å²) in [4.78, 5) is 116. The summed E-state index contributed by atoms with van der Waals surface area (Å²) < 4.78 is 37.6. The van der Waals surface area contributed by atoms with Gasteiger partial charge in [-0.05, 0) is 266 Å². The number of allylic oxidation sites excluding steroid dienone is 8. The topological polar surface area (TPSA) is 271 Å². The number of carbonyl (C=O) groups excluding carboxylic acids is 9. The van der Waals surface area contributed by atoms with E-state index in [2.05, 4.69) is 97.4 Å². The van der Waals surface area contributed by atoms with Gasteiger partial charge in [0, 0.05) is 133 Å². The van der Waals surface area contributed by atoms with Gasteiger partial charge in [-0.3, -0.25) is 89.8 Å². The minimum absolute atomic E-state index is 0.0494. The predicted octanol–water partition coefficient (Wildman–Crippen LogP) is 25.6. The van der Waals surface area contributed by atoms with E-state index in [4.69, 9.17) is 27.6 Å². The molecule has 0 spiro atoms. The highest BCUT2D eigenvalue weighted by atomic mass is 79.9. The van der Waals surface area contributed by atoms with Gasteiger partial charge in [0.1, 0.15) is 30.5 Å². The summed E-state index contributed by atoms with van der Waals surface area (Å²) in [6.07, 6.45) is 24.0. The number of fused-ring (bicyclic) bond motifs is 8. The molecule has 0 radical (unpaired) electrons. The van der Waals surface area contributed by atoms with E-state index in [1.54, 1.807) is 133 Å². The zero-order valence-electron chi connectivity index (χ0n) is 73.0. The molecule has 8 heterocycles. The molecule has 0 aliphatic rings. The van der Waals surface area contributed by atoms with E-state index in [1.165, 1.54) is 99.1 Å². The second-order valence-corrected chi connectivity index (χ2v) is 30.9. The summed E-state index contributed by atoms with van der Waals surface area (Å²) in [5, 5.41) is 21.5. The number of aryl methyl sites for hydroxylation is 1. The quantitative estimate of drug-likeness (QED) is 0.0282. The van der Waals surface area contributed by atoms with Crippen LogP contribution in [-0.4, -0.2) is 94.6 Å². The van der Waals surface area contributed by atoms with Crippen molar-refractivity contribution in [2.75, 3.05) is 5.32 Å². The molecule has 0 aliphatic carbocycles. The summed E-state index contributed by atoms with van der Waals surface area (Å²) in [6, 6.07) is 72.2. The molecular weight excluding hydrogens is 1810 g/mol. The number of amides is 1. The highest BCUT2D eigenvalue weighted by Crippen LogP contribution is 2.30. The van der Waals surface area contributed by atoms with Gasteiger partial charge >= 0.3 is 0 Å². The first-order valence-electron chi connectivity index (χ1n) is 41.0. The van der Waals surface area contributed by atoms with Crippen molar-refractivity contribution >= 4 is 198 Å². The molecular formula is C107H86BrClFN11O13S. The van der Waals surface area contributed by atoms with Gasteiger partial charge in [0.05, 0.1) is 55.6 Å². The fourth-order valence-corrected chi connectivity index (χ4v) is 14.5. The van der Waals surface area contributed by atoms with Crippen molar-refractivity contribution in [3.8, 4) is 11.5 Å². The van der Waals surface area contributed by atoms with E-state index in [-0.39, 0.29) is 64.7 Å². The number of benzene rings is 10. The van der Waals surface area contributed by atoms with Gasteiger partial charge < -0.3 is 14.8 Å². The largest absolute Gasteiger partial charge is 0.489 e. The number of rotatable bonds is 17. The van der Waals surface area contributed by atoms with Crippen LogP contribution in [0.25, 0.3) is 92.1 Å². The fourth-order valence-electron chi connectivity index (χ4n) is 13.8. The van der Waals surface area contributed by atoms with Crippen molar-refractivity contribution in [2.45, 2.75) is 32.8 Å². The molecule has 0 bridgehead atoms. The molecule has 28 heteroatoms. The van der Waals surface area contributed by atoms with E-state index in [0.29, 0.717) is 52.0 Å². The average Bonchev–Trinajstić information content (AvgIpc) is 1.51. The number of hydrogen-bond donors (Lipinski definition) is 2. The number of halogens is 3. The summed E-state index contributed by atoms with van der Waals surface area (Å²) in [6.45, 7) is 38.8. The van der Waals surface area contributed by atoms with Crippen molar-refractivity contribution in [1.82, 2.24) is 36.5 Å². The molecule has 18 rings (SSSR count). The Kier molecular flexibility index (Phi) is 33.8. The van der Waals surface area contributed by atoms with Crippen LogP contribution in [0.3, 0.4) is 0 Å². The first-order chi connectivity index (χ1) is 65.0. The summed E-state index contributed by atoms with van der Waals surface area (Å²) >= 11 is 13.4. The molecule has 1 N–H and O–H groups in total. The van der Waals surface area contributed by atoms with Gasteiger partial charge in [-0.1, -0.05) is 122 Å². The van der Waals surface area contributed by atoms with Crippen LogP contribution >= 0.6 is 40.2 Å². The van der Waals surface area contributed by atoms with Crippen LogP contribution in [0.5, 0.6) is 11.5 Å². The molecule has 0 fully saturated rings. The summed E-state index contributed by atoms with van der Waals surface area (Å²) in [5.74, 6) is 0.484. The molecule has 0 unspecified atom stereocenters. The Labute approximate surface area is 793 Å². The lowest BCUT2D eigenvalue weighted by Crippen LogP contribution is -2.06. The number of ether oxygens (including phenoxy) is 2. The highest BCUT2D eigenvalue weighted by Gasteiger charge is 2.16. The molecule has 24 nitrogen and oxygen atoms in total. The number of thiol groups is 1. The zero-order valence-corrected chi connectivity index (χ0v) is 76.2. The van der Waals surface area contributed by atoms with E-state index in [0.717, 1.165) is 103 Å². The third-order valence-corrected chi connectivity index (χ3v) is 21.5. The molecule has 8 aromatic heterocycles. The standard InChI is InChI=1S/C19H14N2O2.C18H14N2O4.C13H12N2O2.C12H11NOS.C12H11NO.C11H8BrNO.C11H8ClNO.C11H8FNO/c1-3-19(22)21-11-10-15-12-17(8-9-18(15)21)23-13-14-4-6-16(20-2)7-5-14;1-2-18(21)19-10-9-14-11-16(7-8-17(14)19)24-12-13-3-5-15(6-4-13)20(22)23;1-3-13(17)15-7-6-10-8-11(14-9(2)16)4-5-12(10)15;1-2-12(14)13-6-5-10-7-9(8-15)3-4-11(10)13;1-3-12(14)13-7-6-10-8-9(2)4-5-11(10)13;3*1-2-11(14)13-6-5-8-7-9(12)3-4-10(8)13/h3-12H,1,13H2;2-11H,1,12H2;3-8H,1H2,2H3,(H,14,16);2-7,15H,1,8H2;3-8H,1H2,2H3;3*2-7H,1H2. The number of anilines is 1. The van der Waals surface area contributed by atoms with Crippen LogP contribution in [0.1, 0.15) is 67.5 Å². The van der Waals surface area contributed by atoms with Gasteiger partial charge in [0.2, 0.25) is 5.91 Å². The maximum Gasteiger partial charge on any atom is 0.269 e. The van der Waals surface area contributed by atoms with E-state index < -0.39 is 4.92 Å². The first-order valence-corrected chi connectivity index (χ1v) is 42.8. The van der Waals surface area contributed by atoms with Crippen LogP contribution < -0.4 is 14.8 Å². The number of nitro benzene ring substituents is 1. The average molecular weight is 1900 g/mol. The Hall–Kier alpha value is -17.2. The zero-order chi connectivity index (χ0) is 97.1. The van der Waals surface area contributed by atoms with Gasteiger partial charge in [0.15, 0.2) is 5.69 Å². The molecule has 0 saturated carbocycles. The Balaban J connectivity index is 0.000000150.